The van der Waals surface area contributed by atoms with Crippen molar-refractivity contribution in [2.75, 3.05) is 6.67 Å². The third kappa shape index (κ3) is 6.31. The Morgan fingerprint density at radius 2 is 2.08 bits per heavy atom. The lowest BCUT2D eigenvalue weighted by Crippen LogP contribution is -2.23. The van der Waals surface area contributed by atoms with Crippen molar-refractivity contribution in [2.24, 2.45) is 0 Å². The van der Waals surface area contributed by atoms with Gasteiger partial charge in [-0.05, 0) is 19.1 Å². The van der Waals surface area contributed by atoms with Crippen molar-refractivity contribution in [3.8, 4) is 0 Å². The van der Waals surface area contributed by atoms with E-state index in [9.17, 15) is 22.4 Å². The van der Waals surface area contributed by atoms with Crippen LogP contribution < -0.4 is 0 Å². The summed E-state index contributed by atoms with van der Waals surface area (Å²) in [6, 6.07) is 0. The Kier molecular flexibility index (Phi) is 4.66. The molecule has 13 heavy (non-hydrogen) atoms. The van der Waals surface area contributed by atoms with Crippen LogP contribution >= 0.6 is 0 Å². The van der Waals surface area contributed by atoms with E-state index in [4.69, 9.17) is 0 Å². The van der Waals surface area contributed by atoms with E-state index < -0.39 is 31.0 Å². The van der Waals surface area contributed by atoms with Crippen LogP contribution in [-0.4, -0.2) is 24.6 Å². The number of hydrogen-bond donors (Lipinski definition) is 0. The third-order valence-corrected chi connectivity index (χ3v) is 1.23. The monoisotopic (exact) mass is 198 g/mol. The lowest BCUT2D eigenvalue weighted by molar-refractivity contribution is -0.112. The second kappa shape index (κ2) is 4.99. The van der Waals surface area contributed by atoms with E-state index in [-0.39, 0.29) is 0 Å². The fourth-order valence-corrected chi connectivity index (χ4v) is 0.648. The molecule has 0 bridgehead atoms. The summed E-state index contributed by atoms with van der Waals surface area (Å²) in [7, 11) is 0. The number of hydrogen-bond acceptors (Lipinski definition) is 1. The lowest BCUT2D eigenvalue weighted by Gasteiger charge is -2.12. The van der Waals surface area contributed by atoms with Crippen molar-refractivity contribution in [3.63, 3.8) is 0 Å². The van der Waals surface area contributed by atoms with Gasteiger partial charge in [0.2, 0.25) is 0 Å². The molecule has 76 valence electrons. The smallest absolute Gasteiger partial charge is 0.279 e. The Hall–Kier alpha value is -0.870. The molecule has 1 atom stereocenters. The van der Waals surface area contributed by atoms with Gasteiger partial charge in [0.05, 0.1) is 0 Å². The number of halogens is 4. The van der Waals surface area contributed by atoms with E-state index in [2.05, 4.69) is 0 Å². The molecule has 0 saturated carbocycles. The minimum Gasteiger partial charge on any atom is -0.295 e. The highest BCUT2D eigenvalue weighted by atomic mass is 19.3. The van der Waals surface area contributed by atoms with Gasteiger partial charge in [-0.3, -0.25) is 4.79 Å². The Bertz CT molecular complexity index is 200. The predicted molar refractivity (Wildman–Crippen MR) is 40.3 cm³/mol. The van der Waals surface area contributed by atoms with Gasteiger partial charge >= 0.3 is 0 Å². The molecule has 1 nitrogen and oxygen atoms in total. The fraction of sp³-hybridized carbons (Fsp3) is 0.625. The van der Waals surface area contributed by atoms with E-state index in [1.165, 1.54) is 0 Å². The first-order valence-corrected chi connectivity index (χ1v) is 3.64. The number of alkyl halides is 4. The maximum Gasteiger partial charge on any atom is 0.279 e. The molecule has 0 aromatic heterocycles. The summed E-state index contributed by atoms with van der Waals surface area (Å²) in [6.45, 7) is -0.724. The summed E-state index contributed by atoms with van der Waals surface area (Å²) in [6.07, 6.45) is -1.67. The van der Waals surface area contributed by atoms with Gasteiger partial charge in [0.25, 0.3) is 5.92 Å². The molecule has 0 saturated heterocycles. The van der Waals surface area contributed by atoms with Gasteiger partial charge in [-0.25, -0.2) is 17.6 Å². The Balaban J connectivity index is 4.00. The summed E-state index contributed by atoms with van der Waals surface area (Å²) >= 11 is 0. The molecule has 0 heterocycles. The average Bonchev–Trinajstić information content (AvgIpc) is 2.00. The van der Waals surface area contributed by atoms with Crippen molar-refractivity contribution in [3.05, 3.63) is 12.2 Å². The van der Waals surface area contributed by atoms with Crippen molar-refractivity contribution in [1.82, 2.24) is 0 Å². The largest absolute Gasteiger partial charge is 0.295 e. The highest BCUT2D eigenvalue weighted by Crippen LogP contribution is 2.22. The second-order valence-corrected chi connectivity index (χ2v) is 2.68. The molecular formula is C8H10F4O. The van der Waals surface area contributed by atoms with Gasteiger partial charge < -0.3 is 0 Å². The zero-order valence-electron chi connectivity index (χ0n) is 7.07. The molecule has 0 aliphatic carbocycles. The normalized spacial score (nSPS) is 14.8. The molecule has 0 aliphatic rings. The van der Waals surface area contributed by atoms with Gasteiger partial charge in [-0.15, -0.1) is 0 Å². The second-order valence-electron chi connectivity index (χ2n) is 2.68. The van der Waals surface area contributed by atoms with Gasteiger partial charge in [0, 0.05) is 6.42 Å². The Labute approximate surface area is 73.4 Å². The number of rotatable bonds is 5. The number of carbonyl (C=O) groups is 1. The molecule has 0 rings (SSSR count). The number of allylic oxidation sites excluding steroid dienone is 2. The molecule has 5 heteroatoms. The van der Waals surface area contributed by atoms with E-state index in [0.29, 0.717) is 6.08 Å². The van der Waals surface area contributed by atoms with Crippen molar-refractivity contribution in [2.45, 2.75) is 25.4 Å². The quantitative estimate of drug-likeness (QED) is 0.490. The molecular weight excluding hydrogens is 188 g/mol. The highest BCUT2D eigenvalue weighted by molar-refractivity contribution is 5.87. The van der Waals surface area contributed by atoms with Crippen LogP contribution in [0.4, 0.5) is 17.6 Å². The van der Waals surface area contributed by atoms with Gasteiger partial charge in [-0.1, -0.05) is 0 Å². The van der Waals surface area contributed by atoms with E-state index in [0.717, 1.165) is 13.0 Å². The summed E-state index contributed by atoms with van der Waals surface area (Å²) in [4.78, 5) is 10.3. The van der Waals surface area contributed by atoms with Crippen LogP contribution in [0, 0.1) is 0 Å². The molecule has 0 radical (unpaired) electrons. The van der Waals surface area contributed by atoms with Crippen molar-refractivity contribution >= 4 is 5.78 Å². The summed E-state index contributed by atoms with van der Waals surface area (Å²) in [5.74, 6) is -4.09. The first kappa shape index (κ1) is 12.1. The third-order valence-electron chi connectivity index (χ3n) is 1.23. The molecule has 0 N–H and O–H groups in total. The standard InChI is InChI=1S/C8H10F4O/c1-6(13)2-3-7(10)4-8(11,12)5-9/h2-3,7H,4-5H2,1H3. The minimum absolute atomic E-state index is 0.439. The number of ketones is 1. The van der Waals surface area contributed by atoms with Gasteiger partial charge in [0.15, 0.2) is 12.5 Å². The Morgan fingerprint density at radius 1 is 1.54 bits per heavy atom. The molecule has 0 aromatic rings. The van der Waals surface area contributed by atoms with Crippen LogP contribution in [0.2, 0.25) is 0 Å². The molecule has 0 spiro atoms. The van der Waals surface area contributed by atoms with Crippen LogP contribution in [-0.2, 0) is 4.79 Å². The predicted octanol–water partition coefficient (Wildman–Crippen LogP) is 2.46. The van der Waals surface area contributed by atoms with Crippen LogP contribution in [0.15, 0.2) is 12.2 Å². The maximum absolute atomic E-state index is 12.6. The summed E-state index contributed by atoms with van der Waals surface area (Å²) in [5.41, 5.74) is 0. The van der Waals surface area contributed by atoms with Crippen molar-refractivity contribution in [1.29, 1.82) is 0 Å². The van der Waals surface area contributed by atoms with Crippen LogP contribution in [0.5, 0.6) is 0 Å². The van der Waals surface area contributed by atoms with E-state index in [1.807, 2.05) is 0 Å². The van der Waals surface area contributed by atoms with Gasteiger partial charge in [-0.2, -0.15) is 0 Å². The van der Waals surface area contributed by atoms with Gasteiger partial charge in [0.1, 0.15) is 6.17 Å². The topological polar surface area (TPSA) is 17.1 Å². The zero-order chi connectivity index (χ0) is 10.5. The molecule has 0 aliphatic heterocycles. The van der Waals surface area contributed by atoms with Crippen molar-refractivity contribution < 1.29 is 22.4 Å². The maximum atomic E-state index is 12.6. The van der Waals surface area contributed by atoms with Crippen LogP contribution in [0.25, 0.3) is 0 Å². The van der Waals surface area contributed by atoms with E-state index >= 15 is 0 Å². The SMILES string of the molecule is CC(=O)C=CC(F)CC(F)(F)CF. The molecule has 0 aromatic carbocycles. The Morgan fingerprint density at radius 3 is 2.46 bits per heavy atom. The molecule has 0 amide bonds. The fourth-order valence-electron chi connectivity index (χ4n) is 0.648. The van der Waals surface area contributed by atoms with E-state index in [1.54, 1.807) is 0 Å². The molecule has 1 unspecified atom stereocenters. The number of carbonyl (C=O) groups excluding carboxylic acids is 1. The lowest BCUT2D eigenvalue weighted by atomic mass is 10.1. The van der Waals surface area contributed by atoms with Crippen LogP contribution in [0.3, 0.4) is 0 Å². The highest BCUT2D eigenvalue weighted by Gasteiger charge is 2.31. The van der Waals surface area contributed by atoms with Crippen LogP contribution in [0.1, 0.15) is 13.3 Å². The first-order valence-electron chi connectivity index (χ1n) is 3.64. The molecule has 0 fully saturated rings. The summed E-state index contributed by atoms with van der Waals surface area (Å²) < 4.78 is 48.5. The summed E-state index contributed by atoms with van der Waals surface area (Å²) in [5, 5.41) is 0. The minimum atomic E-state index is -3.65. The first-order chi connectivity index (χ1) is 5.87. The zero-order valence-corrected chi connectivity index (χ0v) is 7.07. The average molecular weight is 198 g/mol.